The zero-order chi connectivity index (χ0) is 10.1. The van der Waals surface area contributed by atoms with Crippen molar-refractivity contribution in [2.75, 3.05) is 6.54 Å². The number of ketones is 1. The van der Waals surface area contributed by atoms with Gasteiger partial charge in [-0.3, -0.25) is 10.1 Å². The Balaban J connectivity index is 2.56. The molecule has 3 nitrogen and oxygen atoms in total. The normalized spacial score (nSPS) is 30.2. The van der Waals surface area contributed by atoms with E-state index in [0.717, 1.165) is 13.0 Å². The first-order valence-corrected chi connectivity index (χ1v) is 4.95. The van der Waals surface area contributed by atoms with Crippen LogP contribution in [-0.2, 0) is 4.79 Å². The maximum Gasteiger partial charge on any atom is 0.155 e. The summed E-state index contributed by atoms with van der Waals surface area (Å²) >= 11 is 0. The molecule has 1 rings (SSSR count). The second-order valence-electron chi connectivity index (χ2n) is 4.80. The zero-order valence-corrected chi connectivity index (χ0v) is 8.98. The Hall–Kier alpha value is -0.410. The Bertz CT molecular complexity index is 196. The SMILES string of the molecule is CC1NCCC(C(=O)C(C)(C)C)N1. The third-order valence-corrected chi connectivity index (χ3v) is 2.39. The Labute approximate surface area is 80.3 Å². The van der Waals surface area contributed by atoms with Crippen molar-refractivity contribution in [2.24, 2.45) is 5.41 Å². The van der Waals surface area contributed by atoms with Crippen molar-refractivity contribution in [2.45, 2.75) is 46.3 Å². The van der Waals surface area contributed by atoms with E-state index in [1.807, 2.05) is 27.7 Å². The van der Waals surface area contributed by atoms with Crippen LogP contribution in [0, 0.1) is 5.41 Å². The zero-order valence-electron chi connectivity index (χ0n) is 8.98. The van der Waals surface area contributed by atoms with Gasteiger partial charge >= 0.3 is 0 Å². The fourth-order valence-electron chi connectivity index (χ4n) is 1.62. The molecular weight excluding hydrogens is 164 g/mol. The van der Waals surface area contributed by atoms with E-state index < -0.39 is 0 Å². The van der Waals surface area contributed by atoms with E-state index in [4.69, 9.17) is 0 Å². The predicted molar refractivity (Wildman–Crippen MR) is 53.5 cm³/mol. The third-order valence-electron chi connectivity index (χ3n) is 2.39. The minimum atomic E-state index is -0.227. The van der Waals surface area contributed by atoms with E-state index in [9.17, 15) is 4.79 Å². The maximum absolute atomic E-state index is 11.9. The number of nitrogens with one attached hydrogen (secondary N) is 2. The fraction of sp³-hybridized carbons (Fsp3) is 0.900. The van der Waals surface area contributed by atoms with Gasteiger partial charge < -0.3 is 5.32 Å². The van der Waals surface area contributed by atoms with Crippen LogP contribution < -0.4 is 10.6 Å². The van der Waals surface area contributed by atoms with E-state index in [0.29, 0.717) is 5.78 Å². The number of carbonyl (C=O) groups excluding carboxylic acids is 1. The Morgan fingerprint density at radius 2 is 2.00 bits per heavy atom. The topological polar surface area (TPSA) is 41.1 Å². The molecule has 2 atom stereocenters. The number of carbonyl (C=O) groups is 1. The molecule has 0 aromatic rings. The van der Waals surface area contributed by atoms with Gasteiger partial charge in [0.25, 0.3) is 0 Å². The van der Waals surface area contributed by atoms with Gasteiger partial charge in [-0.05, 0) is 19.9 Å². The molecule has 13 heavy (non-hydrogen) atoms. The smallest absolute Gasteiger partial charge is 0.155 e. The Morgan fingerprint density at radius 1 is 1.38 bits per heavy atom. The molecule has 0 aromatic carbocycles. The lowest BCUT2D eigenvalue weighted by molar-refractivity contribution is -0.129. The van der Waals surface area contributed by atoms with Crippen LogP contribution >= 0.6 is 0 Å². The molecule has 2 N–H and O–H groups in total. The molecule has 0 saturated carbocycles. The predicted octanol–water partition coefficient (Wildman–Crippen LogP) is 0.899. The molecule has 1 fully saturated rings. The van der Waals surface area contributed by atoms with Crippen LogP contribution in [0.2, 0.25) is 0 Å². The third kappa shape index (κ3) is 2.78. The van der Waals surface area contributed by atoms with Crippen LogP contribution in [-0.4, -0.2) is 24.5 Å². The number of hydrogen-bond acceptors (Lipinski definition) is 3. The molecule has 1 aliphatic heterocycles. The largest absolute Gasteiger partial charge is 0.302 e. The highest BCUT2D eigenvalue weighted by atomic mass is 16.1. The highest BCUT2D eigenvalue weighted by molar-refractivity contribution is 5.88. The van der Waals surface area contributed by atoms with E-state index in [1.54, 1.807) is 0 Å². The summed E-state index contributed by atoms with van der Waals surface area (Å²) in [5, 5.41) is 6.52. The maximum atomic E-state index is 11.9. The van der Waals surface area contributed by atoms with Gasteiger partial charge in [-0.2, -0.15) is 0 Å². The second kappa shape index (κ2) is 3.76. The molecule has 3 heteroatoms. The van der Waals surface area contributed by atoms with Crippen LogP contribution in [0.4, 0.5) is 0 Å². The van der Waals surface area contributed by atoms with Crippen molar-refractivity contribution in [1.82, 2.24) is 10.6 Å². The van der Waals surface area contributed by atoms with Gasteiger partial charge in [-0.25, -0.2) is 0 Å². The van der Waals surface area contributed by atoms with Crippen LogP contribution in [0.1, 0.15) is 34.1 Å². The van der Waals surface area contributed by atoms with E-state index in [-0.39, 0.29) is 17.6 Å². The van der Waals surface area contributed by atoms with Gasteiger partial charge in [0.1, 0.15) is 0 Å². The summed E-state index contributed by atoms with van der Waals surface area (Å²) in [6.45, 7) is 8.90. The monoisotopic (exact) mass is 184 g/mol. The van der Waals surface area contributed by atoms with Crippen molar-refractivity contribution >= 4 is 5.78 Å². The van der Waals surface area contributed by atoms with Gasteiger partial charge in [-0.15, -0.1) is 0 Å². The lowest BCUT2D eigenvalue weighted by Crippen LogP contribution is -2.56. The molecule has 0 aromatic heterocycles. The summed E-state index contributed by atoms with van der Waals surface area (Å²) in [5.74, 6) is 0.320. The summed E-state index contributed by atoms with van der Waals surface area (Å²) in [5.41, 5.74) is -0.227. The highest BCUT2D eigenvalue weighted by Crippen LogP contribution is 2.19. The first-order chi connectivity index (χ1) is 5.91. The average molecular weight is 184 g/mol. The van der Waals surface area contributed by atoms with E-state index in [1.165, 1.54) is 0 Å². The van der Waals surface area contributed by atoms with Crippen molar-refractivity contribution in [3.8, 4) is 0 Å². The van der Waals surface area contributed by atoms with Crippen molar-refractivity contribution < 1.29 is 4.79 Å². The summed E-state index contributed by atoms with van der Waals surface area (Å²) in [7, 11) is 0. The first kappa shape index (κ1) is 10.7. The van der Waals surface area contributed by atoms with Gasteiger partial charge in [0.05, 0.1) is 12.2 Å². The molecule has 1 aliphatic rings. The number of hydrogen-bond donors (Lipinski definition) is 2. The number of rotatable bonds is 1. The molecule has 0 bridgehead atoms. The molecular formula is C10H20N2O. The molecule has 0 radical (unpaired) electrons. The van der Waals surface area contributed by atoms with Crippen molar-refractivity contribution in [3.05, 3.63) is 0 Å². The highest BCUT2D eigenvalue weighted by Gasteiger charge is 2.31. The summed E-state index contributed by atoms with van der Waals surface area (Å²) in [6.07, 6.45) is 1.16. The minimum Gasteiger partial charge on any atom is -0.302 e. The summed E-state index contributed by atoms with van der Waals surface area (Å²) in [4.78, 5) is 11.9. The fourth-order valence-corrected chi connectivity index (χ4v) is 1.62. The standard InChI is InChI=1S/C10H20N2O/c1-7-11-6-5-8(12-7)9(13)10(2,3)4/h7-8,11-12H,5-6H2,1-4H3. The van der Waals surface area contributed by atoms with Crippen molar-refractivity contribution in [3.63, 3.8) is 0 Å². The van der Waals surface area contributed by atoms with Gasteiger partial charge in [0.15, 0.2) is 5.78 Å². The Morgan fingerprint density at radius 3 is 2.46 bits per heavy atom. The van der Waals surface area contributed by atoms with Crippen LogP contribution in [0.15, 0.2) is 0 Å². The second-order valence-corrected chi connectivity index (χ2v) is 4.80. The van der Waals surface area contributed by atoms with Crippen molar-refractivity contribution in [1.29, 1.82) is 0 Å². The summed E-state index contributed by atoms with van der Waals surface area (Å²) in [6, 6.07) is 0.0382. The lowest BCUT2D eigenvalue weighted by atomic mass is 9.85. The van der Waals surface area contributed by atoms with Crippen LogP contribution in [0.25, 0.3) is 0 Å². The molecule has 0 spiro atoms. The Kier molecular flexibility index (Phi) is 3.09. The van der Waals surface area contributed by atoms with Gasteiger partial charge in [0.2, 0.25) is 0 Å². The minimum absolute atomic E-state index is 0.0382. The first-order valence-electron chi connectivity index (χ1n) is 4.95. The lowest BCUT2D eigenvalue weighted by Gasteiger charge is -2.32. The molecule has 2 unspecified atom stereocenters. The van der Waals surface area contributed by atoms with E-state index >= 15 is 0 Å². The molecule has 76 valence electrons. The van der Waals surface area contributed by atoms with Crippen LogP contribution in [0.5, 0.6) is 0 Å². The molecule has 1 saturated heterocycles. The van der Waals surface area contributed by atoms with E-state index in [2.05, 4.69) is 10.6 Å². The quantitative estimate of drug-likeness (QED) is 0.636. The number of Topliss-reactive ketones (excluding diaryl/α,β-unsaturated/α-hetero) is 1. The molecule has 1 heterocycles. The molecule has 0 amide bonds. The molecule has 0 aliphatic carbocycles. The average Bonchev–Trinajstić information content (AvgIpc) is 2.01. The van der Waals surface area contributed by atoms with Crippen LogP contribution in [0.3, 0.4) is 0 Å². The van der Waals surface area contributed by atoms with Gasteiger partial charge in [-0.1, -0.05) is 20.8 Å². The van der Waals surface area contributed by atoms with Gasteiger partial charge in [0, 0.05) is 5.41 Å². The summed E-state index contributed by atoms with van der Waals surface area (Å²) < 4.78 is 0.